The molecule has 0 aliphatic rings. The van der Waals surface area contributed by atoms with Gasteiger partial charge in [0.05, 0.1) is 0 Å². The lowest BCUT2D eigenvalue weighted by molar-refractivity contribution is -0.143. The summed E-state index contributed by atoms with van der Waals surface area (Å²) in [6.07, 6.45) is 6.24. The highest BCUT2D eigenvalue weighted by molar-refractivity contribution is 5.92. The number of ether oxygens (including phenoxy) is 1. The highest BCUT2D eigenvalue weighted by Gasteiger charge is 2.37. The van der Waals surface area contributed by atoms with Gasteiger partial charge in [-0.2, -0.15) is 0 Å². The van der Waals surface area contributed by atoms with Gasteiger partial charge in [0.15, 0.2) is 0 Å². The van der Waals surface area contributed by atoms with Gasteiger partial charge in [0, 0.05) is 18.2 Å². The molecule has 0 heterocycles. The number of hydrogen-bond acceptors (Lipinski definition) is 5. The summed E-state index contributed by atoms with van der Waals surface area (Å²) >= 11 is 0. The van der Waals surface area contributed by atoms with E-state index in [1.54, 1.807) is 43.9 Å². The molecule has 0 aliphatic heterocycles. The quantitative estimate of drug-likeness (QED) is 0.205. The molecule has 222 valence electrons. The summed E-state index contributed by atoms with van der Waals surface area (Å²) in [5, 5.41) is 16.6. The van der Waals surface area contributed by atoms with E-state index >= 15 is 0 Å². The Morgan fingerprint density at radius 3 is 2.15 bits per heavy atom. The number of rotatable bonds is 16. The maximum atomic E-state index is 14.2. The van der Waals surface area contributed by atoms with Crippen LogP contribution in [0.4, 0.5) is 4.79 Å². The first-order valence-electron chi connectivity index (χ1n) is 14.7. The number of carbonyl (C=O) groups is 3. The normalized spacial score (nSPS) is 13.9. The van der Waals surface area contributed by atoms with E-state index < -0.39 is 23.8 Å². The summed E-state index contributed by atoms with van der Waals surface area (Å²) in [6.45, 7) is 15.7. The SMILES string of the molecule is CCCCCCCN(C(=O)C(CC(C)C)NC(=O)OC(C)(C)C)C(C(=O)NC(C)CCC)c1ccccc1O. The van der Waals surface area contributed by atoms with Gasteiger partial charge < -0.3 is 25.4 Å². The zero-order chi connectivity index (χ0) is 29.6. The molecule has 0 saturated heterocycles. The third-order valence-corrected chi connectivity index (χ3v) is 6.38. The van der Waals surface area contributed by atoms with Crippen LogP contribution in [0.25, 0.3) is 0 Å². The van der Waals surface area contributed by atoms with Crippen LogP contribution < -0.4 is 10.6 Å². The molecule has 3 unspecified atom stereocenters. The van der Waals surface area contributed by atoms with Crippen molar-refractivity contribution in [2.45, 2.75) is 130 Å². The molecule has 0 fully saturated rings. The molecule has 1 aromatic carbocycles. The van der Waals surface area contributed by atoms with Crippen molar-refractivity contribution in [3.05, 3.63) is 29.8 Å². The first-order valence-corrected chi connectivity index (χ1v) is 14.7. The number of unbranched alkanes of at least 4 members (excludes halogenated alkanes) is 4. The van der Waals surface area contributed by atoms with Crippen LogP contribution in [0.2, 0.25) is 0 Å². The fourth-order valence-corrected chi connectivity index (χ4v) is 4.59. The van der Waals surface area contributed by atoms with Crippen molar-refractivity contribution in [3.63, 3.8) is 0 Å². The third kappa shape index (κ3) is 12.8. The topological polar surface area (TPSA) is 108 Å². The molecule has 3 atom stereocenters. The standard InChI is InChI=1S/C31H53N3O5/c1-9-11-12-13-16-20-34(29(37)25(21-22(3)4)33-30(38)39-31(6,7)8)27(24-18-14-15-19-26(24)35)28(36)32-23(5)17-10-2/h14-15,18-19,22-23,25,27,35H,9-13,16-17,20-21H2,1-8H3,(H,32,36)(H,33,38). The molecular formula is C31H53N3O5. The Morgan fingerprint density at radius 2 is 1.59 bits per heavy atom. The number of nitrogens with zero attached hydrogens (tertiary/aromatic N) is 1. The van der Waals surface area contributed by atoms with Gasteiger partial charge in [0.2, 0.25) is 11.8 Å². The summed E-state index contributed by atoms with van der Waals surface area (Å²) in [5.74, 6) is -0.663. The number of carbonyl (C=O) groups excluding carboxylic acids is 3. The molecular weight excluding hydrogens is 494 g/mol. The molecule has 3 N–H and O–H groups in total. The highest BCUT2D eigenvalue weighted by atomic mass is 16.6. The number of para-hydroxylation sites is 1. The molecule has 0 spiro atoms. The van der Waals surface area contributed by atoms with Gasteiger partial charge in [-0.3, -0.25) is 9.59 Å². The van der Waals surface area contributed by atoms with Crippen LogP contribution in [0, 0.1) is 5.92 Å². The summed E-state index contributed by atoms with van der Waals surface area (Å²) in [5.41, 5.74) is -0.358. The number of alkyl carbamates (subject to hydrolysis) is 1. The van der Waals surface area contributed by atoms with Crippen molar-refractivity contribution in [3.8, 4) is 5.75 Å². The average molecular weight is 548 g/mol. The lowest BCUT2D eigenvalue weighted by Crippen LogP contribution is -2.54. The predicted octanol–water partition coefficient (Wildman–Crippen LogP) is 6.48. The summed E-state index contributed by atoms with van der Waals surface area (Å²) < 4.78 is 5.46. The Balaban J connectivity index is 3.50. The smallest absolute Gasteiger partial charge is 0.408 e. The van der Waals surface area contributed by atoms with Crippen molar-refractivity contribution >= 4 is 17.9 Å². The van der Waals surface area contributed by atoms with E-state index in [0.717, 1.165) is 38.5 Å². The molecule has 39 heavy (non-hydrogen) atoms. The first-order chi connectivity index (χ1) is 18.3. The maximum Gasteiger partial charge on any atom is 0.408 e. The lowest BCUT2D eigenvalue weighted by atomic mass is 9.97. The Hall–Kier alpha value is -2.77. The van der Waals surface area contributed by atoms with E-state index in [1.807, 2.05) is 27.7 Å². The van der Waals surface area contributed by atoms with Gasteiger partial charge in [-0.15, -0.1) is 0 Å². The minimum Gasteiger partial charge on any atom is -0.508 e. The van der Waals surface area contributed by atoms with E-state index in [9.17, 15) is 19.5 Å². The average Bonchev–Trinajstić information content (AvgIpc) is 2.81. The fraction of sp³-hybridized carbons (Fsp3) is 0.710. The van der Waals surface area contributed by atoms with E-state index in [4.69, 9.17) is 4.74 Å². The van der Waals surface area contributed by atoms with Crippen LogP contribution in [0.3, 0.4) is 0 Å². The minimum atomic E-state index is -1.04. The second-order valence-corrected chi connectivity index (χ2v) is 11.9. The van der Waals surface area contributed by atoms with Crippen LogP contribution in [0.5, 0.6) is 5.75 Å². The zero-order valence-electron chi connectivity index (χ0n) is 25.5. The van der Waals surface area contributed by atoms with Crippen molar-refractivity contribution in [2.75, 3.05) is 6.54 Å². The summed E-state index contributed by atoms with van der Waals surface area (Å²) in [6, 6.07) is 4.63. The highest BCUT2D eigenvalue weighted by Crippen LogP contribution is 2.31. The fourth-order valence-electron chi connectivity index (χ4n) is 4.59. The lowest BCUT2D eigenvalue weighted by Gasteiger charge is -2.35. The van der Waals surface area contributed by atoms with Crippen LogP contribution in [0.1, 0.15) is 118 Å². The van der Waals surface area contributed by atoms with Gasteiger partial charge >= 0.3 is 6.09 Å². The number of benzene rings is 1. The Labute approximate surface area is 236 Å². The second kappa shape index (κ2) is 17.0. The molecule has 8 nitrogen and oxygen atoms in total. The van der Waals surface area contributed by atoms with E-state index in [-0.39, 0.29) is 29.5 Å². The molecule has 1 rings (SSSR count). The number of hydrogen-bond donors (Lipinski definition) is 3. The number of phenolic OH excluding ortho intramolecular Hbond substituents is 1. The zero-order valence-corrected chi connectivity index (χ0v) is 25.5. The van der Waals surface area contributed by atoms with Crippen LogP contribution in [0.15, 0.2) is 24.3 Å². The van der Waals surface area contributed by atoms with Crippen molar-refractivity contribution in [1.29, 1.82) is 0 Å². The molecule has 0 saturated carbocycles. The van der Waals surface area contributed by atoms with Crippen LogP contribution in [-0.2, 0) is 14.3 Å². The minimum absolute atomic E-state index is 0.0508. The van der Waals surface area contributed by atoms with Gasteiger partial charge in [-0.1, -0.05) is 78.0 Å². The first kappa shape index (κ1) is 34.3. The van der Waals surface area contributed by atoms with Crippen LogP contribution in [-0.4, -0.2) is 52.1 Å². The molecule has 3 amide bonds. The molecule has 1 aromatic rings. The maximum absolute atomic E-state index is 14.2. The van der Waals surface area contributed by atoms with Gasteiger partial charge in [0.25, 0.3) is 0 Å². The monoisotopic (exact) mass is 547 g/mol. The van der Waals surface area contributed by atoms with Crippen molar-refractivity contribution < 1.29 is 24.2 Å². The molecule has 0 aromatic heterocycles. The van der Waals surface area contributed by atoms with Crippen molar-refractivity contribution in [2.24, 2.45) is 5.92 Å². The number of nitrogens with one attached hydrogen (secondary N) is 2. The van der Waals surface area contributed by atoms with Gasteiger partial charge in [-0.25, -0.2) is 4.79 Å². The number of aromatic hydroxyl groups is 1. The van der Waals surface area contributed by atoms with Gasteiger partial charge in [-0.05, 0) is 58.9 Å². The van der Waals surface area contributed by atoms with E-state index in [1.165, 1.54) is 6.07 Å². The van der Waals surface area contributed by atoms with Gasteiger partial charge in [0.1, 0.15) is 23.4 Å². The molecule has 0 bridgehead atoms. The number of amides is 3. The predicted molar refractivity (Wildman–Crippen MR) is 156 cm³/mol. The summed E-state index contributed by atoms with van der Waals surface area (Å²) in [4.78, 5) is 42.3. The Bertz CT molecular complexity index is 896. The van der Waals surface area contributed by atoms with Crippen LogP contribution >= 0.6 is 0 Å². The Morgan fingerprint density at radius 1 is 0.949 bits per heavy atom. The third-order valence-electron chi connectivity index (χ3n) is 6.38. The molecule has 0 aliphatic carbocycles. The Kier molecular flexibility index (Phi) is 15.0. The van der Waals surface area contributed by atoms with E-state index in [2.05, 4.69) is 17.6 Å². The second-order valence-electron chi connectivity index (χ2n) is 11.9. The molecule has 8 heteroatoms. The molecule has 0 radical (unpaired) electrons. The summed E-state index contributed by atoms with van der Waals surface area (Å²) in [7, 11) is 0. The number of phenols is 1. The van der Waals surface area contributed by atoms with E-state index in [0.29, 0.717) is 24.9 Å². The largest absolute Gasteiger partial charge is 0.508 e. The van der Waals surface area contributed by atoms with Crippen molar-refractivity contribution in [1.82, 2.24) is 15.5 Å².